The first-order valence-electron chi connectivity index (χ1n) is 6.67. The van der Waals surface area contributed by atoms with Gasteiger partial charge in [0.15, 0.2) is 0 Å². The average molecular weight is 284 g/mol. The van der Waals surface area contributed by atoms with Crippen molar-refractivity contribution in [2.24, 2.45) is 0 Å². The van der Waals surface area contributed by atoms with E-state index in [-0.39, 0.29) is 0 Å². The van der Waals surface area contributed by atoms with Crippen LogP contribution >= 0.6 is 0 Å². The molecule has 0 spiro atoms. The van der Waals surface area contributed by atoms with Crippen LogP contribution in [0.15, 0.2) is 30.7 Å². The molecule has 0 unspecified atom stereocenters. The van der Waals surface area contributed by atoms with Gasteiger partial charge in [-0.25, -0.2) is 9.36 Å². The second kappa shape index (κ2) is 5.31. The Hall–Kier alpha value is -2.77. The number of rotatable bonds is 4. The summed E-state index contributed by atoms with van der Waals surface area (Å²) in [6.07, 6.45) is 5.30. The summed E-state index contributed by atoms with van der Waals surface area (Å²) in [5, 5.41) is 11.5. The molecule has 0 saturated carbocycles. The van der Waals surface area contributed by atoms with Gasteiger partial charge in [0.2, 0.25) is 5.95 Å². The molecule has 8 nitrogen and oxygen atoms in total. The minimum absolute atomic E-state index is 0.349. The second-order valence-electron chi connectivity index (χ2n) is 4.80. The lowest BCUT2D eigenvalue weighted by Gasteiger charge is -2.06. The van der Waals surface area contributed by atoms with Gasteiger partial charge in [-0.15, -0.1) is 0 Å². The second-order valence-corrected chi connectivity index (χ2v) is 4.80. The molecule has 1 N–H and O–H groups in total. The Morgan fingerprint density at radius 3 is 2.38 bits per heavy atom. The largest absolute Gasteiger partial charge is 0.357 e. The number of nitrogens with one attached hydrogen (secondary N) is 1. The molecule has 3 aromatic rings. The first kappa shape index (κ1) is 13.2. The first-order valence-corrected chi connectivity index (χ1v) is 6.67. The smallest absolute Gasteiger partial charge is 0.257 e. The van der Waals surface area contributed by atoms with Crippen molar-refractivity contribution in [2.45, 2.75) is 19.8 Å². The maximum Gasteiger partial charge on any atom is 0.257 e. The maximum absolute atomic E-state index is 4.48. The van der Waals surface area contributed by atoms with Crippen molar-refractivity contribution in [1.29, 1.82) is 0 Å². The average Bonchev–Trinajstić information content (AvgIpc) is 3.18. The van der Waals surface area contributed by atoms with E-state index < -0.39 is 0 Å². The summed E-state index contributed by atoms with van der Waals surface area (Å²) < 4.78 is 3.23. The van der Waals surface area contributed by atoms with Crippen molar-refractivity contribution in [3.63, 3.8) is 0 Å². The van der Waals surface area contributed by atoms with E-state index in [4.69, 9.17) is 0 Å². The van der Waals surface area contributed by atoms with E-state index >= 15 is 0 Å². The Morgan fingerprint density at radius 2 is 1.81 bits per heavy atom. The summed E-state index contributed by atoms with van der Waals surface area (Å²) in [5.74, 6) is 1.71. The van der Waals surface area contributed by atoms with Crippen molar-refractivity contribution in [3.05, 3.63) is 36.4 Å². The minimum atomic E-state index is 0.349. The molecule has 0 aliphatic rings. The number of hydrogen-bond acceptors (Lipinski definition) is 6. The van der Waals surface area contributed by atoms with Gasteiger partial charge in [-0.1, -0.05) is 13.8 Å². The molecule has 8 heteroatoms. The highest BCUT2D eigenvalue weighted by molar-refractivity contribution is 5.31. The quantitative estimate of drug-likeness (QED) is 0.779. The number of aromatic nitrogens is 7. The van der Waals surface area contributed by atoms with Gasteiger partial charge in [0.05, 0.1) is 5.69 Å². The minimum Gasteiger partial charge on any atom is -0.357 e. The molecule has 0 amide bonds. The molecular weight excluding hydrogens is 268 g/mol. The molecule has 0 radical (unpaired) electrons. The lowest BCUT2D eigenvalue weighted by molar-refractivity contribution is 0.719. The first-order chi connectivity index (χ1) is 10.2. The van der Waals surface area contributed by atoms with Crippen LogP contribution in [0.5, 0.6) is 0 Å². The molecule has 21 heavy (non-hydrogen) atoms. The molecule has 3 rings (SSSR count). The van der Waals surface area contributed by atoms with Gasteiger partial charge in [0.1, 0.15) is 0 Å². The summed E-state index contributed by atoms with van der Waals surface area (Å²) in [4.78, 5) is 13.0. The monoisotopic (exact) mass is 284 g/mol. The molecule has 3 heterocycles. The molecular formula is C13H16N8. The van der Waals surface area contributed by atoms with Gasteiger partial charge in [0, 0.05) is 25.6 Å². The van der Waals surface area contributed by atoms with E-state index in [1.165, 1.54) is 0 Å². The molecule has 0 bridgehead atoms. The highest BCUT2D eigenvalue weighted by atomic mass is 15.4. The Kier molecular flexibility index (Phi) is 3.35. The van der Waals surface area contributed by atoms with Gasteiger partial charge >= 0.3 is 0 Å². The highest BCUT2D eigenvalue weighted by Gasteiger charge is 2.11. The van der Waals surface area contributed by atoms with Crippen molar-refractivity contribution < 1.29 is 0 Å². The topological polar surface area (TPSA) is 86.3 Å². The molecule has 0 atom stereocenters. The third kappa shape index (κ3) is 2.60. The van der Waals surface area contributed by atoms with Gasteiger partial charge in [-0.05, 0) is 18.1 Å². The van der Waals surface area contributed by atoms with Gasteiger partial charge in [-0.2, -0.15) is 25.1 Å². The van der Waals surface area contributed by atoms with Gasteiger partial charge in [0.25, 0.3) is 11.9 Å². The number of anilines is 1. The van der Waals surface area contributed by atoms with Crippen LogP contribution in [-0.2, 0) is 0 Å². The summed E-state index contributed by atoms with van der Waals surface area (Å²) >= 11 is 0. The third-order valence-electron chi connectivity index (χ3n) is 2.95. The van der Waals surface area contributed by atoms with E-state index in [2.05, 4.69) is 44.3 Å². The van der Waals surface area contributed by atoms with Crippen LogP contribution in [0.4, 0.5) is 5.95 Å². The SMILES string of the molecule is CNc1nc(-n2cccn2)nc(-n2ccc(C(C)C)n2)n1. The van der Waals surface area contributed by atoms with Gasteiger partial charge < -0.3 is 5.32 Å². The zero-order valence-electron chi connectivity index (χ0n) is 12.1. The zero-order valence-corrected chi connectivity index (χ0v) is 12.1. The van der Waals surface area contributed by atoms with Crippen molar-refractivity contribution in [3.8, 4) is 11.9 Å². The van der Waals surface area contributed by atoms with Crippen molar-refractivity contribution >= 4 is 5.95 Å². The normalized spacial score (nSPS) is 11.0. The Morgan fingerprint density at radius 1 is 1.05 bits per heavy atom. The molecule has 0 aliphatic heterocycles. The van der Waals surface area contributed by atoms with Crippen molar-refractivity contribution in [2.75, 3.05) is 12.4 Å². The third-order valence-corrected chi connectivity index (χ3v) is 2.95. The van der Waals surface area contributed by atoms with Crippen LogP contribution in [0.25, 0.3) is 11.9 Å². The van der Waals surface area contributed by atoms with Gasteiger partial charge in [-0.3, -0.25) is 0 Å². The van der Waals surface area contributed by atoms with Crippen LogP contribution < -0.4 is 5.32 Å². The highest BCUT2D eigenvalue weighted by Crippen LogP contribution is 2.13. The maximum atomic E-state index is 4.48. The Bertz CT molecular complexity index is 728. The van der Waals surface area contributed by atoms with Crippen LogP contribution in [0, 0.1) is 0 Å². The predicted octanol–water partition coefficient (Wildman–Crippen LogP) is 1.41. The van der Waals surface area contributed by atoms with Crippen LogP contribution in [-0.4, -0.2) is 41.6 Å². The predicted molar refractivity (Wildman–Crippen MR) is 77.7 cm³/mol. The van der Waals surface area contributed by atoms with E-state index in [0.717, 1.165) is 5.69 Å². The lowest BCUT2D eigenvalue weighted by atomic mass is 10.1. The standard InChI is InChI=1S/C13H16N8/c1-9(2)10-5-8-21(19-10)13-17-11(14-3)16-12(18-13)20-7-4-6-15-20/h4-9H,1-3H3,(H,14,16,17,18). The van der Waals surface area contributed by atoms with E-state index in [1.807, 2.05) is 18.3 Å². The van der Waals surface area contributed by atoms with E-state index in [9.17, 15) is 0 Å². The molecule has 0 fully saturated rings. The number of hydrogen-bond donors (Lipinski definition) is 1. The molecule has 0 aromatic carbocycles. The summed E-state index contributed by atoms with van der Waals surface area (Å²) in [6, 6.07) is 3.77. The fourth-order valence-electron chi connectivity index (χ4n) is 1.82. The van der Waals surface area contributed by atoms with Crippen molar-refractivity contribution in [1.82, 2.24) is 34.5 Å². The number of nitrogens with zero attached hydrogens (tertiary/aromatic N) is 7. The van der Waals surface area contributed by atoms with E-state index in [0.29, 0.717) is 23.8 Å². The summed E-state index contributed by atoms with van der Waals surface area (Å²) in [7, 11) is 1.76. The summed E-state index contributed by atoms with van der Waals surface area (Å²) in [5.41, 5.74) is 0.988. The molecule has 108 valence electrons. The molecule has 3 aromatic heterocycles. The van der Waals surface area contributed by atoms with Crippen LogP contribution in [0.3, 0.4) is 0 Å². The molecule has 0 aliphatic carbocycles. The fourth-order valence-corrected chi connectivity index (χ4v) is 1.82. The Labute approximate surface area is 121 Å². The summed E-state index contributed by atoms with van der Waals surface area (Å²) in [6.45, 7) is 4.18. The fraction of sp³-hybridized carbons (Fsp3) is 0.308. The lowest BCUT2D eigenvalue weighted by Crippen LogP contribution is -2.12. The van der Waals surface area contributed by atoms with Crippen LogP contribution in [0.1, 0.15) is 25.5 Å². The Balaban J connectivity index is 2.07. The van der Waals surface area contributed by atoms with E-state index in [1.54, 1.807) is 28.8 Å². The molecule has 0 saturated heterocycles. The van der Waals surface area contributed by atoms with Crippen LogP contribution in [0.2, 0.25) is 0 Å². The zero-order chi connectivity index (χ0) is 14.8.